The van der Waals surface area contributed by atoms with Crippen LogP contribution in [-0.2, 0) is 11.3 Å². The average molecular weight is 474 g/mol. The molecule has 0 aliphatic carbocycles. The van der Waals surface area contributed by atoms with Crippen molar-refractivity contribution >= 4 is 11.8 Å². The van der Waals surface area contributed by atoms with E-state index in [2.05, 4.69) is 5.10 Å². The SMILES string of the molecule is CN(C)CC=CC(=O)N1CCCC1Cn1cc(C(N)=O)c(-c2ccc(Oc3ccccc3)cc2)n1. The van der Waals surface area contributed by atoms with Crippen molar-refractivity contribution < 1.29 is 14.3 Å². The zero-order valence-electron chi connectivity index (χ0n) is 20.1. The Morgan fingerprint density at radius 1 is 1.11 bits per heavy atom. The first kappa shape index (κ1) is 24.2. The summed E-state index contributed by atoms with van der Waals surface area (Å²) < 4.78 is 7.58. The lowest BCUT2D eigenvalue weighted by Crippen LogP contribution is -2.37. The molecule has 2 amide bonds. The Kier molecular flexibility index (Phi) is 7.62. The molecule has 8 nitrogen and oxygen atoms in total. The Labute approximate surface area is 205 Å². The highest BCUT2D eigenvalue weighted by Gasteiger charge is 2.28. The Morgan fingerprint density at radius 3 is 2.51 bits per heavy atom. The van der Waals surface area contributed by atoms with E-state index in [-0.39, 0.29) is 11.9 Å². The van der Waals surface area contributed by atoms with Gasteiger partial charge in [0.25, 0.3) is 5.91 Å². The van der Waals surface area contributed by atoms with Crippen LogP contribution >= 0.6 is 0 Å². The van der Waals surface area contributed by atoms with Gasteiger partial charge in [0.15, 0.2) is 0 Å². The molecule has 1 atom stereocenters. The van der Waals surface area contributed by atoms with Gasteiger partial charge >= 0.3 is 0 Å². The van der Waals surface area contributed by atoms with E-state index in [4.69, 9.17) is 10.5 Å². The molecule has 0 bridgehead atoms. The number of nitrogens with zero attached hydrogens (tertiary/aromatic N) is 4. The van der Waals surface area contributed by atoms with E-state index < -0.39 is 5.91 Å². The van der Waals surface area contributed by atoms with Crippen LogP contribution in [0, 0.1) is 0 Å². The van der Waals surface area contributed by atoms with E-state index in [1.807, 2.05) is 84.6 Å². The monoisotopic (exact) mass is 473 g/mol. The number of hydrogen-bond acceptors (Lipinski definition) is 5. The first-order valence-electron chi connectivity index (χ1n) is 11.7. The molecule has 1 aliphatic rings. The molecular weight excluding hydrogens is 442 g/mol. The summed E-state index contributed by atoms with van der Waals surface area (Å²) in [6.07, 6.45) is 7.02. The molecule has 35 heavy (non-hydrogen) atoms. The summed E-state index contributed by atoms with van der Waals surface area (Å²) >= 11 is 0. The Bertz CT molecular complexity index is 1190. The normalized spacial score (nSPS) is 15.7. The quantitative estimate of drug-likeness (QED) is 0.480. The smallest absolute Gasteiger partial charge is 0.252 e. The number of likely N-dealkylation sites (tertiary alicyclic amines) is 1. The van der Waals surface area contributed by atoms with Crippen molar-refractivity contribution in [3.63, 3.8) is 0 Å². The minimum absolute atomic E-state index is 0.00543. The van der Waals surface area contributed by atoms with E-state index in [1.54, 1.807) is 17.0 Å². The van der Waals surface area contributed by atoms with Crippen molar-refractivity contribution in [2.24, 2.45) is 5.73 Å². The van der Waals surface area contributed by atoms with Crippen LogP contribution in [0.1, 0.15) is 23.2 Å². The predicted octanol–water partition coefficient (Wildman–Crippen LogP) is 3.55. The number of benzene rings is 2. The second-order valence-electron chi connectivity index (χ2n) is 8.91. The van der Waals surface area contributed by atoms with E-state index in [9.17, 15) is 9.59 Å². The largest absolute Gasteiger partial charge is 0.457 e. The maximum absolute atomic E-state index is 12.7. The average Bonchev–Trinajstić information content (AvgIpc) is 3.48. The molecule has 2 N–H and O–H groups in total. The Balaban J connectivity index is 1.49. The molecule has 1 aromatic heterocycles. The highest BCUT2D eigenvalue weighted by molar-refractivity contribution is 5.98. The van der Waals surface area contributed by atoms with Gasteiger partial charge in [0.2, 0.25) is 5.91 Å². The molecule has 0 spiro atoms. The highest BCUT2D eigenvalue weighted by Crippen LogP contribution is 2.28. The van der Waals surface area contributed by atoms with Crippen LogP contribution in [0.25, 0.3) is 11.3 Å². The summed E-state index contributed by atoms with van der Waals surface area (Å²) in [4.78, 5) is 28.7. The van der Waals surface area contributed by atoms with Crippen LogP contribution < -0.4 is 10.5 Å². The van der Waals surface area contributed by atoms with Crippen molar-refractivity contribution in [3.05, 3.63) is 78.5 Å². The van der Waals surface area contributed by atoms with E-state index in [0.29, 0.717) is 30.1 Å². The van der Waals surface area contributed by atoms with E-state index in [1.165, 1.54) is 0 Å². The minimum Gasteiger partial charge on any atom is -0.457 e. The second-order valence-corrected chi connectivity index (χ2v) is 8.91. The first-order valence-corrected chi connectivity index (χ1v) is 11.7. The molecule has 1 unspecified atom stereocenters. The van der Waals surface area contributed by atoms with Gasteiger partial charge in [-0.25, -0.2) is 0 Å². The summed E-state index contributed by atoms with van der Waals surface area (Å²) in [6, 6.07) is 16.9. The number of carbonyl (C=O) groups is 2. The van der Waals surface area contributed by atoms with Crippen LogP contribution in [0.5, 0.6) is 11.5 Å². The molecule has 4 rings (SSSR count). The van der Waals surface area contributed by atoms with Crippen molar-refractivity contribution in [3.8, 4) is 22.8 Å². The predicted molar refractivity (Wildman–Crippen MR) is 135 cm³/mol. The van der Waals surface area contributed by atoms with Crippen LogP contribution in [0.3, 0.4) is 0 Å². The molecule has 2 heterocycles. The summed E-state index contributed by atoms with van der Waals surface area (Å²) in [5, 5.41) is 4.67. The zero-order valence-corrected chi connectivity index (χ0v) is 20.1. The van der Waals surface area contributed by atoms with Gasteiger partial charge in [0.05, 0.1) is 18.2 Å². The van der Waals surface area contributed by atoms with E-state index in [0.717, 1.165) is 30.7 Å². The molecule has 2 aromatic carbocycles. The van der Waals surface area contributed by atoms with Gasteiger partial charge in [-0.05, 0) is 63.3 Å². The number of likely N-dealkylation sites (N-methyl/N-ethyl adjacent to an activating group) is 1. The van der Waals surface area contributed by atoms with E-state index >= 15 is 0 Å². The van der Waals surface area contributed by atoms with Gasteiger partial charge in [-0.1, -0.05) is 24.3 Å². The molecule has 1 aliphatic heterocycles. The molecular formula is C27H31N5O3. The molecule has 182 valence electrons. The lowest BCUT2D eigenvalue weighted by molar-refractivity contribution is -0.127. The fourth-order valence-corrected chi connectivity index (χ4v) is 4.21. The molecule has 1 saturated heterocycles. The van der Waals surface area contributed by atoms with Crippen LogP contribution in [0.4, 0.5) is 0 Å². The van der Waals surface area contributed by atoms with Crippen molar-refractivity contribution in [1.82, 2.24) is 19.6 Å². The number of aromatic nitrogens is 2. The third kappa shape index (κ3) is 6.16. The summed E-state index contributed by atoms with van der Waals surface area (Å²) in [7, 11) is 3.92. The second kappa shape index (κ2) is 11.0. The van der Waals surface area contributed by atoms with Gasteiger partial charge in [0, 0.05) is 30.9 Å². The number of primary amides is 1. The van der Waals surface area contributed by atoms with Gasteiger partial charge in [-0.2, -0.15) is 5.10 Å². The number of rotatable bonds is 9. The van der Waals surface area contributed by atoms with Crippen molar-refractivity contribution in [2.75, 3.05) is 27.2 Å². The fraction of sp³-hybridized carbons (Fsp3) is 0.296. The van der Waals surface area contributed by atoms with Gasteiger partial charge in [-0.15, -0.1) is 0 Å². The van der Waals surface area contributed by atoms with Crippen LogP contribution in [-0.4, -0.2) is 64.6 Å². The zero-order chi connectivity index (χ0) is 24.8. The molecule has 0 radical (unpaired) electrons. The maximum atomic E-state index is 12.7. The fourth-order valence-electron chi connectivity index (χ4n) is 4.21. The van der Waals surface area contributed by atoms with Crippen LogP contribution in [0.15, 0.2) is 72.9 Å². The standard InChI is InChI=1S/C27H31N5O3/c1-30(2)16-7-11-25(33)32-17-6-8-21(32)18-31-19-24(27(28)34)26(29-31)20-12-14-23(15-13-20)35-22-9-4-3-5-10-22/h3-5,7,9-15,19,21H,6,8,16-18H2,1-2H3,(H2,28,34). The van der Waals surface area contributed by atoms with Gasteiger partial charge < -0.3 is 20.3 Å². The molecule has 1 fully saturated rings. The lowest BCUT2D eigenvalue weighted by Gasteiger charge is -2.23. The molecule has 3 aromatic rings. The molecule has 0 saturated carbocycles. The first-order chi connectivity index (χ1) is 16.9. The van der Waals surface area contributed by atoms with Crippen molar-refractivity contribution in [2.45, 2.75) is 25.4 Å². The van der Waals surface area contributed by atoms with Gasteiger partial charge in [-0.3, -0.25) is 14.3 Å². The summed E-state index contributed by atoms with van der Waals surface area (Å²) in [6.45, 7) is 1.93. The summed E-state index contributed by atoms with van der Waals surface area (Å²) in [5.41, 5.74) is 7.30. The number of carbonyl (C=O) groups excluding carboxylic acids is 2. The number of hydrogen-bond donors (Lipinski definition) is 1. The van der Waals surface area contributed by atoms with Crippen molar-refractivity contribution in [1.29, 1.82) is 0 Å². The number of amides is 2. The topological polar surface area (TPSA) is 93.7 Å². The highest BCUT2D eigenvalue weighted by atomic mass is 16.5. The minimum atomic E-state index is -0.540. The van der Waals surface area contributed by atoms with Crippen LogP contribution in [0.2, 0.25) is 0 Å². The number of para-hydroxylation sites is 1. The molecule has 8 heteroatoms. The Morgan fingerprint density at radius 2 is 1.83 bits per heavy atom. The third-order valence-corrected chi connectivity index (χ3v) is 5.92. The Hall–Kier alpha value is -3.91. The maximum Gasteiger partial charge on any atom is 0.252 e. The third-order valence-electron chi connectivity index (χ3n) is 5.92. The number of ether oxygens (including phenoxy) is 1. The lowest BCUT2D eigenvalue weighted by atomic mass is 10.1. The number of nitrogens with two attached hydrogens (primary N) is 1. The summed E-state index contributed by atoms with van der Waals surface area (Å²) in [5.74, 6) is 0.893. The van der Waals surface area contributed by atoms with Gasteiger partial charge in [0.1, 0.15) is 17.2 Å².